The lowest BCUT2D eigenvalue weighted by Crippen LogP contribution is -2.15. The van der Waals surface area contributed by atoms with Crippen molar-refractivity contribution >= 4 is 5.78 Å². The van der Waals surface area contributed by atoms with Crippen LogP contribution in [0.2, 0.25) is 0 Å². The van der Waals surface area contributed by atoms with Crippen molar-refractivity contribution in [2.45, 2.75) is 26.3 Å². The minimum Gasteiger partial charge on any atom is -0.324 e. The van der Waals surface area contributed by atoms with Crippen LogP contribution < -0.4 is 5.73 Å². The standard InChI is InChI=1S/C17H18FNO.3H2/c1-3-14(19)13-10-9-11(2)15(16(13)18)17(20)12-7-5-4-6-8-12;;;/h4-10,14H,3,19H2,1-2H3;3*1H/t14-;;;/m1.../s1. The number of aryl methyl sites for hydroxylation is 1. The van der Waals surface area contributed by atoms with Gasteiger partial charge in [-0.3, -0.25) is 4.79 Å². The van der Waals surface area contributed by atoms with E-state index >= 15 is 0 Å². The minimum atomic E-state index is -0.492. The molecule has 2 N–H and O–H groups in total. The van der Waals surface area contributed by atoms with Crippen LogP contribution in [0, 0.1) is 12.7 Å². The number of carbonyl (C=O) groups excluding carboxylic acids is 1. The summed E-state index contributed by atoms with van der Waals surface area (Å²) in [6.07, 6.45) is 0.624. The zero-order valence-electron chi connectivity index (χ0n) is 11.7. The Morgan fingerprint density at radius 3 is 2.50 bits per heavy atom. The summed E-state index contributed by atoms with van der Waals surface area (Å²) in [7, 11) is 0. The zero-order chi connectivity index (χ0) is 14.7. The van der Waals surface area contributed by atoms with Gasteiger partial charge in [0.15, 0.2) is 5.78 Å². The number of hydrogen-bond donors (Lipinski definition) is 1. The number of halogens is 1. The van der Waals surface area contributed by atoms with Gasteiger partial charge in [0.05, 0.1) is 5.56 Å². The summed E-state index contributed by atoms with van der Waals surface area (Å²) < 4.78 is 14.6. The van der Waals surface area contributed by atoms with Crippen LogP contribution in [-0.2, 0) is 0 Å². The van der Waals surface area contributed by atoms with Gasteiger partial charge in [-0.2, -0.15) is 0 Å². The lowest BCUT2D eigenvalue weighted by molar-refractivity contribution is 0.103. The van der Waals surface area contributed by atoms with Gasteiger partial charge in [0.25, 0.3) is 0 Å². The number of hydrogen-bond acceptors (Lipinski definition) is 2. The van der Waals surface area contributed by atoms with Crippen LogP contribution >= 0.6 is 0 Å². The number of rotatable bonds is 4. The Bertz CT molecular complexity index is 635. The molecular weight excluding hydrogens is 253 g/mol. The molecule has 0 aliphatic heterocycles. The Morgan fingerprint density at radius 1 is 1.25 bits per heavy atom. The molecule has 1 atom stereocenters. The first-order chi connectivity index (χ1) is 9.56. The Hall–Kier alpha value is -2.00. The molecule has 0 radical (unpaired) electrons. The van der Waals surface area contributed by atoms with Gasteiger partial charge in [0.1, 0.15) is 5.82 Å². The molecule has 0 saturated carbocycles. The second-order valence-electron chi connectivity index (χ2n) is 4.87. The fourth-order valence-electron chi connectivity index (χ4n) is 2.21. The summed E-state index contributed by atoms with van der Waals surface area (Å²) in [5.41, 5.74) is 7.54. The van der Waals surface area contributed by atoms with Gasteiger partial charge < -0.3 is 5.73 Å². The summed E-state index contributed by atoms with van der Waals surface area (Å²) in [4.78, 5) is 12.5. The molecule has 0 amide bonds. The first kappa shape index (κ1) is 14.4. The van der Waals surface area contributed by atoms with E-state index in [1.807, 2.05) is 13.0 Å². The van der Waals surface area contributed by atoms with Gasteiger partial charge >= 0.3 is 0 Å². The van der Waals surface area contributed by atoms with Crippen molar-refractivity contribution in [1.29, 1.82) is 0 Å². The van der Waals surface area contributed by atoms with Crippen LogP contribution in [0.4, 0.5) is 4.39 Å². The van der Waals surface area contributed by atoms with Crippen LogP contribution in [0.5, 0.6) is 0 Å². The molecule has 0 aliphatic rings. The van der Waals surface area contributed by atoms with Crippen molar-refractivity contribution in [3.8, 4) is 0 Å². The Balaban J connectivity index is 0. The maximum absolute atomic E-state index is 14.6. The number of ketones is 1. The topological polar surface area (TPSA) is 43.1 Å². The summed E-state index contributed by atoms with van der Waals surface area (Å²) in [5, 5.41) is 0. The molecule has 0 saturated heterocycles. The average Bonchev–Trinajstić information content (AvgIpc) is 2.47. The highest BCUT2D eigenvalue weighted by Gasteiger charge is 2.21. The molecule has 2 nitrogen and oxygen atoms in total. The van der Waals surface area contributed by atoms with Crippen LogP contribution in [0.25, 0.3) is 0 Å². The first-order valence-electron chi connectivity index (χ1n) is 6.70. The fourth-order valence-corrected chi connectivity index (χ4v) is 2.21. The van der Waals surface area contributed by atoms with Gasteiger partial charge in [0.2, 0.25) is 0 Å². The largest absolute Gasteiger partial charge is 0.324 e. The molecule has 2 rings (SSSR count). The molecule has 0 unspecified atom stereocenters. The van der Waals surface area contributed by atoms with Crippen molar-refractivity contribution in [3.63, 3.8) is 0 Å². The van der Waals surface area contributed by atoms with Gasteiger partial charge in [-0.15, -0.1) is 0 Å². The number of nitrogens with two attached hydrogens (primary N) is 1. The molecule has 0 fully saturated rings. The smallest absolute Gasteiger partial charge is 0.196 e. The van der Waals surface area contributed by atoms with Gasteiger partial charge in [-0.25, -0.2) is 4.39 Å². The summed E-state index contributed by atoms with van der Waals surface area (Å²) in [6.45, 7) is 3.63. The molecule has 110 valence electrons. The maximum atomic E-state index is 14.6. The van der Waals surface area contributed by atoms with Gasteiger partial charge in [-0.05, 0) is 18.9 Å². The van der Waals surface area contributed by atoms with E-state index in [0.717, 1.165) is 0 Å². The molecule has 0 bridgehead atoms. The first-order valence-corrected chi connectivity index (χ1v) is 6.70. The summed E-state index contributed by atoms with van der Waals surface area (Å²) >= 11 is 0. The van der Waals surface area contributed by atoms with Crippen molar-refractivity contribution in [2.24, 2.45) is 5.73 Å². The SMILES string of the molecule is CC[C@@H](N)c1ccc(C)c(C(=O)c2ccccc2)c1F.[HH].[HH].[HH]. The number of benzene rings is 2. The van der Waals surface area contributed by atoms with E-state index in [1.165, 1.54) is 0 Å². The van der Waals surface area contributed by atoms with Crippen LogP contribution in [0.3, 0.4) is 0 Å². The van der Waals surface area contributed by atoms with E-state index in [4.69, 9.17) is 5.73 Å². The van der Waals surface area contributed by atoms with Gasteiger partial charge in [0, 0.05) is 21.4 Å². The normalized spacial score (nSPS) is 12.2. The predicted molar refractivity (Wildman–Crippen MR) is 84.6 cm³/mol. The highest BCUT2D eigenvalue weighted by Crippen LogP contribution is 2.25. The van der Waals surface area contributed by atoms with Crippen molar-refractivity contribution < 1.29 is 13.5 Å². The second-order valence-corrected chi connectivity index (χ2v) is 4.87. The van der Waals surface area contributed by atoms with Crippen molar-refractivity contribution in [1.82, 2.24) is 0 Å². The Kier molecular flexibility index (Phi) is 4.30. The molecule has 0 spiro atoms. The van der Waals surface area contributed by atoms with Crippen LogP contribution in [-0.4, -0.2) is 5.78 Å². The number of carbonyl (C=O) groups is 1. The molecule has 0 heterocycles. The molecule has 0 aliphatic carbocycles. The third-order valence-corrected chi connectivity index (χ3v) is 3.48. The predicted octanol–water partition coefficient (Wildman–Crippen LogP) is 4.51. The average molecular weight is 277 g/mol. The molecule has 2 aromatic carbocycles. The highest BCUT2D eigenvalue weighted by atomic mass is 19.1. The molecular formula is C17H24FNO. The Labute approximate surface area is 122 Å². The maximum Gasteiger partial charge on any atom is 0.196 e. The third-order valence-electron chi connectivity index (χ3n) is 3.48. The quantitative estimate of drug-likeness (QED) is 0.835. The van der Waals surface area contributed by atoms with E-state index in [-0.39, 0.29) is 15.6 Å². The minimum absolute atomic E-state index is 0. The van der Waals surface area contributed by atoms with E-state index in [9.17, 15) is 9.18 Å². The highest BCUT2D eigenvalue weighted by molar-refractivity contribution is 6.10. The second kappa shape index (κ2) is 5.97. The molecule has 0 aromatic heterocycles. The lowest BCUT2D eigenvalue weighted by atomic mass is 9.93. The van der Waals surface area contributed by atoms with Crippen LogP contribution in [0.1, 0.15) is 50.7 Å². The summed E-state index contributed by atoms with van der Waals surface area (Å²) in [6, 6.07) is 11.8. The summed E-state index contributed by atoms with van der Waals surface area (Å²) in [5.74, 6) is -0.793. The zero-order valence-corrected chi connectivity index (χ0v) is 11.7. The van der Waals surface area contributed by atoms with Crippen LogP contribution in [0.15, 0.2) is 42.5 Å². The van der Waals surface area contributed by atoms with Crippen molar-refractivity contribution in [2.75, 3.05) is 0 Å². The van der Waals surface area contributed by atoms with E-state index in [0.29, 0.717) is 23.1 Å². The third kappa shape index (κ3) is 2.63. The van der Waals surface area contributed by atoms with Gasteiger partial charge in [-0.1, -0.05) is 49.4 Å². The lowest BCUT2D eigenvalue weighted by Gasteiger charge is -2.15. The molecule has 3 heteroatoms. The fraction of sp³-hybridized carbons (Fsp3) is 0.235. The Morgan fingerprint density at radius 2 is 1.90 bits per heavy atom. The molecule has 20 heavy (non-hydrogen) atoms. The molecule has 2 aromatic rings. The van der Waals surface area contributed by atoms with E-state index < -0.39 is 11.9 Å². The van der Waals surface area contributed by atoms with E-state index in [1.54, 1.807) is 43.3 Å². The van der Waals surface area contributed by atoms with Crippen molar-refractivity contribution in [3.05, 3.63) is 70.5 Å². The van der Waals surface area contributed by atoms with E-state index in [2.05, 4.69) is 0 Å². The monoisotopic (exact) mass is 277 g/mol.